The zero-order valence-corrected chi connectivity index (χ0v) is 17.3. The second kappa shape index (κ2) is 8.34. The van der Waals surface area contributed by atoms with Gasteiger partial charge in [-0.25, -0.2) is 9.78 Å². The number of anilines is 1. The van der Waals surface area contributed by atoms with Crippen LogP contribution in [0.1, 0.15) is 26.5 Å². The molecule has 162 valence electrons. The Morgan fingerprint density at radius 3 is 2.47 bits per heavy atom. The van der Waals surface area contributed by atoms with Gasteiger partial charge in [0.15, 0.2) is 5.76 Å². The summed E-state index contributed by atoms with van der Waals surface area (Å²) in [6.07, 6.45) is 2.74. The number of nitrogens with zero attached hydrogens (tertiary/aromatic N) is 3. The molecule has 0 aliphatic carbocycles. The normalized spacial score (nSPS) is 10.8. The highest BCUT2D eigenvalue weighted by Gasteiger charge is 2.14. The van der Waals surface area contributed by atoms with Gasteiger partial charge in [0.05, 0.1) is 17.2 Å². The van der Waals surface area contributed by atoms with Gasteiger partial charge in [0.2, 0.25) is 0 Å². The van der Waals surface area contributed by atoms with Crippen molar-refractivity contribution in [2.24, 2.45) is 14.1 Å². The van der Waals surface area contributed by atoms with E-state index in [1.54, 1.807) is 36.4 Å². The number of carbonyl (C=O) groups excluding carboxylic acids is 2. The van der Waals surface area contributed by atoms with Gasteiger partial charge in [-0.05, 0) is 35.9 Å². The van der Waals surface area contributed by atoms with Crippen LogP contribution in [0.5, 0.6) is 0 Å². The van der Waals surface area contributed by atoms with Gasteiger partial charge >= 0.3 is 5.69 Å². The minimum absolute atomic E-state index is 0.180. The van der Waals surface area contributed by atoms with Crippen molar-refractivity contribution in [3.8, 4) is 0 Å². The molecule has 32 heavy (non-hydrogen) atoms. The number of carbonyl (C=O) groups is 2. The van der Waals surface area contributed by atoms with Gasteiger partial charge in [-0.3, -0.25) is 23.5 Å². The number of furan rings is 1. The fraction of sp³-hybridized carbons (Fsp3) is 0.136. The predicted molar refractivity (Wildman–Crippen MR) is 116 cm³/mol. The Kier molecular flexibility index (Phi) is 5.42. The van der Waals surface area contributed by atoms with E-state index >= 15 is 0 Å². The highest BCUT2D eigenvalue weighted by Crippen LogP contribution is 2.12. The maximum absolute atomic E-state index is 12.6. The topological polar surface area (TPSA) is 128 Å². The van der Waals surface area contributed by atoms with Crippen LogP contribution in [0.4, 0.5) is 5.69 Å². The van der Waals surface area contributed by atoms with E-state index < -0.39 is 17.2 Å². The maximum atomic E-state index is 12.6. The molecule has 2 N–H and O–H groups in total. The monoisotopic (exact) mass is 433 g/mol. The molecule has 10 nitrogen and oxygen atoms in total. The van der Waals surface area contributed by atoms with Crippen LogP contribution >= 0.6 is 0 Å². The Hall–Kier alpha value is -4.47. The van der Waals surface area contributed by atoms with Crippen LogP contribution in [0, 0.1) is 0 Å². The summed E-state index contributed by atoms with van der Waals surface area (Å²) in [5, 5.41) is 5.66. The van der Waals surface area contributed by atoms with Crippen molar-refractivity contribution in [1.29, 1.82) is 0 Å². The average Bonchev–Trinajstić information content (AvgIpc) is 3.35. The predicted octanol–water partition coefficient (Wildman–Crippen LogP) is 1.41. The lowest BCUT2D eigenvalue weighted by Gasteiger charge is -2.09. The molecule has 1 aromatic carbocycles. The van der Waals surface area contributed by atoms with E-state index in [1.807, 2.05) is 0 Å². The molecular formula is C22H19N5O5. The molecular weight excluding hydrogens is 414 g/mol. The standard InChI is InChI=1S/C22H19N5O5/c1-26-18-16(21(30)27(2)22(26)31)10-14(12-23-18)19(28)24-11-13-5-7-15(8-6-13)25-20(29)17-4-3-9-32-17/h3-10,12H,11H2,1-2H3,(H,24,28)(H,25,29). The summed E-state index contributed by atoms with van der Waals surface area (Å²) >= 11 is 0. The van der Waals surface area contributed by atoms with Gasteiger partial charge in [-0.2, -0.15) is 0 Å². The van der Waals surface area contributed by atoms with Gasteiger partial charge in [-0.15, -0.1) is 0 Å². The number of benzene rings is 1. The minimum atomic E-state index is -0.516. The molecule has 4 rings (SSSR count). The Morgan fingerprint density at radius 2 is 1.78 bits per heavy atom. The van der Waals surface area contributed by atoms with Crippen LogP contribution in [0.25, 0.3) is 11.0 Å². The maximum Gasteiger partial charge on any atom is 0.332 e. The summed E-state index contributed by atoms with van der Waals surface area (Å²) in [6.45, 7) is 0.231. The third-order valence-corrected chi connectivity index (χ3v) is 4.97. The number of nitrogens with one attached hydrogen (secondary N) is 2. The second-order valence-electron chi connectivity index (χ2n) is 7.11. The second-order valence-corrected chi connectivity index (χ2v) is 7.11. The molecule has 0 fully saturated rings. The number of amides is 2. The molecule has 2 amide bonds. The number of pyridine rings is 1. The van der Waals surface area contributed by atoms with Crippen LogP contribution in [-0.4, -0.2) is 25.9 Å². The molecule has 0 saturated carbocycles. The van der Waals surface area contributed by atoms with Crippen LogP contribution < -0.4 is 21.9 Å². The first kappa shape index (κ1) is 20.8. The molecule has 0 saturated heterocycles. The van der Waals surface area contributed by atoms with Crippen molar-refractivity contribution in [3.63, 3.8) is 0 Å². The van der Waals surface area contributed by atoms with Crippen molar-refractivity contribution < 1.29 is 14.0 Å². The van der Waals surface area contributed by atoms with E-state index in [4.69, 9.17) is 4.42 Å². The summed E-state index contributed by atoms with van der Waals surface area (Å²) in [6, 6.07) is 11.6. The molecule has 0 radical (unpaired) electrons. The first-order chi connectivity index (χ1) is 15.3. The molecule has 0 spiro atoms. The van der Waals surface area contributed by atoms with Gasteiger partial charge < -0.3 is 15.1 Å². The molecule has 0 atom stereocenters. The van der Waals surface area contributed by atoms with Crippen LogP contribution in [0.2, 0.25) is 0 Å². The Morgan fingerprint density at radius 1 is 1.03 bits per heavy atom. The summed E-state index contributed by atoms with van der Waals surface area (Å²) in [5.41, 5.74) is 0.800. The van der Waals surface area contributed by atoms with Crippen molar-refractivity contribution in [2.75, 3.05) is 5.32 Å². The van der Waals surface area contributed by atoms with Crippen molar-refractivity contribution in [1.82, 2.24) is 19.4 Å². The summed E-state index contributed by atoms with van der Waals surface area (Å²) in [5.74, 6) is -0.561. The zero-order chi connectivity index (χ0) is 22.8. The lowest BCUT2D eigenvalue weighted by molar-refractivity contribution is 0.0949. The summed E-state index contributed by atoms with van der Waals surface area (Å²) < 4.78 is 7.27. The molecule has 3 aromatic heterocycles. The Balaban J connectivity index is 1.44. The highest BCUT2D eigenvalue weighted by molar-refractivity contribution is 6.02. The molecule has 0 bridgehead atoms. The molecule has 4 aromatic rings. The van der Waals surface area contributed by atoms with Gasteiger partial charge in [0.1, 0.15) is 5.65 Å². The summed E-state index contributed by atoms with van der Waals surface area (Å²) in [4.78, 5) is 53.1. The average molecular weight is 433 g/mol. The first-order valence-corrected chi connectivity index (χ1v) is 9.63. The minimum Gasteiger partial charge on any atom is -0.459 e. The fourth-order valence-corrected chi connectivity index (χ4v) is 3.18. The number of hydrogen-bond donors (Lipinski definition) is 2. The molecule has 0 unspecified atom stereocenters. The third kappa shape index (κ3) is 3.93. The number of fused-ring (bicyclic) bond motifs is 1. The van der Waals surface area contributed by atoms with Crippen molar-refractivity contribution in [2.45, 2.75) is 6.54 Å². The van der Waals surface area contributed by atoms with Crippen molar-refractivity contribution in [3.05, 3.63) is 92.6 Å². The van der Waals surface area contributed by atoms with E-state index in [0.717, 1.165) is 10.1 Å². The lowest BCUT2D eigenvalue weighted by Crippen LogP contribution is -2.37. The number of hydrogen-bond acceptors (Lipinski definition) is 6. The number of aromatic nitrogens is 3. The van der Waals surface area contributed by atoms with Crippen molar-refractivity contribution >= 4 is 28.5 Å². The quantitative estimate of drug-likeness (QED) is 0.490. The fourth-order valence-electron chi connectivity index (χ4n) is 3.18. The smallest absolute Gasteiger partial charge is 0.332 e. The van der Waals surface area contributed by atoms with Crippen LogP contribution in [-0.2, 0) is 20.6 Å². The van der Waals surface area contributed by atoms with Gasteiger partial charge in [0, 0.05) is 32.5 Å². The van der Waals surface area contributed by atoms with E-state index in [-0.39, 0.29) is 34.8 Å². The van der Waals surface area contributed by atoms with Crippen LogP contribution in [0.15, 0.2) is 68.9 Å². The van der Waals surface area contributed by atoms with E-state index in [1.165, 1.54) is 37.2 Å². The van der Waals surface area contributed by atoms with Crippen LogP contribution in [0.3, 0.4) is 0 Å². The van der Waals surface area contributed by atoms with E-state index in [9.17, 15) is 19.2 Å². The molecule has 0 aliphatic rings. The van der Waals surface area contributed by atoms with E-state index in [0.29, 0.717) is 5.69 Å². The zero-order valence-electron chi connectivity index (χ0n) is 17.3. The first-order valence-electron chi connectivity index (χ1n) is 9.63. The molecule has 10 heteroatoms. The summed E-state index contributed by atoms with van der Waals surface area (Å²) in [7, 11) is 2.88. The largest absolute Gasteiger partial charge is 0.459 e. The molecule has 0 aliphatic heterocycles. The highest BCUT2D eigenvalue weighted by atomic mass is 16.3. The Labute approximate surface area is 181 Å². The number of rotatable bonds is 5. The molecule has 3 heterocycles. The van der Waals surface area contributed by atoms with Gasteiger partial charge in [0.25, 0.3) is 17.4 Å². The Bertz CT molecular complexity index is 1430. The third-order valence-electron chi connectivity index (χ3n) is 4.97. The van der Waals surface area contributed by atoms with E-state index in [2.05, 4.69) is 15.6 Å². The SMILES string of the molecule is Cn1c(=O)c2cc(C(=O)NCc3ccc(NC(=O)c4ccco4)cc3)cnc2n(C)c1=O. The van der Waals surface area contributed by atoms with Gasteiger partial charge in [-0.1, -0.05) is 12.1 Å². The number of aryl methyl sites for hydroxylation is 1. The lowest BCUT2D eigenvalue weighted by atomic mass is 10.2.